The van der Waals surface area contributed by atoms with E-state index in [2.05, 4.69) is 9.97 Å². The maximum atomic E-state index is 13.5. The van der Waals surface area contributed by atoms with Crippen molar-refractivity contribution in [1.29, 1.82) is 0 Å². The first-order valence-electron chi connectivity index (χ1n) is 9.29. The van der Waals surface area contributed by atoms with E-state index in [0.717, 1.165) is 0 Å². The average molecular weight is 430 g/mol. The number of hydrogen-bond acceptors (Lipinski definition) is 4. The molecule has 1 aromatic carbocycles. The summed E-state index contributed by atoms with van der Waals surface area (Å²) in [6.07, 6.45) is -1.12. The summed E-state index contributed by atoms with van der Waals surface area (Å²) in [6.45, 7) is 4.23. The molecule has 4 nitrogen and oxygen atoms in total. The number of aromatic nitrogens is 2. The third kappa shape index (κ3) is 3.82. The lowest BCUT2D eigenvalue weighted by molar-refractivity contribution is -0.0253. The molecule has 1 aromatic heterocycles. The van der Waals surface area contributed by atoms with Crippen LogP contribution in [0, 0.1) is 12.3 Å². The smallest absolute Gasteiger partial charge is 0.244 e. The van der Waals surface area contributed by atoms with E-state index in [1.54, 1.807) is 18.2 Å². The van der Waals surface area contributed by atoms with Crippen LogP contribution in [0.15, 0.2) is 18.2 Å². The lowest BCUT2D eigenvalue weighted by Gasteiger charge is -2.41. The van der Waals surface area contributed by atoms with Gasteiger partial charge in [-0.05, 0) is 32.3 Å². The number of alkyl halides is 2. The molecule has 0 spiro atoms. The molecule has 8 heteroatoms. The molecular weight excluding hydrogens is 407 g/mol. The summed E-state index contributed by atoms with van der Waals surface area (Å²) < 4.78 is 27.0. The van der Waals surface area contributed by atoms with Gasteiger partial charge in [0, 0.05) is 24.1 Å². The second-order valence-corrected chi connectivity index (χ2v) is 7.98. The normalized spacial score (nSPS) is 16.6. The zero-order valence-electron chi connectivity index (χ0n) is 15.9. The number of rotatable bonds is 5. The summed E-state index contributed by atoms with van der Waals surface area (Å²) in [6, 6.07) is 5.26. The zero-order valence-corrected chi connectivity index (χ0v) is 17.4. The molecule has 2 aromatic rings. The number of aryl methyl sites for hydroxylation is 1. The van der Waals surface area contributed by atoms with Gasteiger partial charge in [-0.3, -0.25) is 0 Å². The van der Waals surface area contributed by atoms with Crippen LogP contribution < -0.4 is 4.90 Å². The molecule has 0 radical (unpaired) electrons. The van der Waals surface area contributed by atoms with Crippen molar-refractivity contribution in [3.63, 3.8) is 0 Å². The second kappa shape index (κ2) is 8.47. The molecule has 28 heavy (non-hydrogen) atoms. The number of aliphatic hydroxyl groups is 1. The largest absolute Gasteiger partial charge is 0.390 e. The van der Waals surface area contributed by atoms with E-state index in [0.29, 0.717) is 70.9 Å². The fourth-order valence-corrected chi connectivity index (χ4v) is 4.12. The molecule has 3 rings (SSSR count). The van der Waals surface area contributed by atoms with Crippen molar-refractivity contribution < 1.29 is 13.9 Å². The molecule has 0 bridgehead atoms. The van der Waals surface area contributed by atoms with Gasteiger partial charge in [-0.25, -0.2) is 18.7 Å². The molecule has 0 amide bonds. The number of anilines is 1. The molecule has 0 unspecified atom stereocenters. The minimum absolute atomic E-state index is 0.307. The topological polar surface area (TPSA) is 49.2 Å². The van der Waals surface area contributed by atoms with E-state index >= 15 is 0 Å². The van der Waals surface area contributed by atoms with Gasteiger partial charge in [0.15, 0.2) is 5.82 Å². The highest BCUT2D eigenvalue weighted by atomic mass is 35.5. The molecule has 1 saturated heterocycles. The molecule has 1 fully saturated rings. The number of nitrogens with zero attached hydrogens (tertiary/aromatic N) is 3. The lowest BCUT2D eigenvalue weighted by Crippen LogP contribution is -2.44. The molecule has 152 valence electrons. The van der Waals surface area contributed by atoms with Crippen LogP contribution in [-0.4, -0.2) is 34.6 Å². The van der Waals surface area contributed by atoms with E-state index in [-0.39, 0.29) is 6.61 Å². The van der Waals surface area contributed by atoms with Crippen molar-refractivity contribution in [3.8, 4) is 11.3 Å². The third-order valence-corrected chi connectivity index (χ3v) is 6.52. The molecule has 0 aliphatic carbocycles. The first-order chi connectivity index (χ1) is 13.3. The summed E-state index contributed by atoms with van der Waals surface area (Å²) >= 11 is 12.4. The Morgan fingerprint density at radius 1 is 1.21 bits per heavy atom. The third-order valence-electron chi connectivity index (χ3n) is 5.70. The van der Waals surface area contributed by atoms with Gasteiger partial charge in [-0.15, -0.1) is 0 Å². The van der Waals surface area contributed by atoms with Gasteiger partial charge in [0.25, 0.3) is 0 Å². The van der Waals surface area contributed by atoms with E-state index in [4.69, 9.17) is 23.2 Å². The van der Waals surface area contributed by atoms with Crippen molar-refractivity contribution in [3.05, 3.63) is 39.6 Å². The number of piperidine rings is 1. The quantitative estimate of drug-likeness (QED) is 0.680. The van der Waals surface area contributed by atoms with Crippen molar-refractivity contribution in [2.75, 3.05) is 18.0 Å². The Bertz CT molecular complexity index is 856. The van der Waals surface area contributed by atoms with Crippen LogP contribution in [0.1, 0.15) is 37.6 Å². The van der Waals surface area contributed by atoms with E-state index < -0.39 is 11.8 Å². The van der Waals surface area contributed by atoms with Crippen LogP contribution in [0.25, 0.3) is 11.3 Å². The van der Waals surface area contributed by atoms with Gasteiger partial charge in [-0.1, -0.05) is 42.3 Å². The predicted octanol–water partition coefficient (Wildman–Crippen LogP) is 5.51. The SMILES string of the molecule is CCC1(C(F)F)CCN(c2nc(C)c(-c3cccc(Cl)c3Cl)nc2CO)CC1. The van der Waals surface area contributed by atoms with Gasteiger partial charge in [0.1, 0.15) is 5.69 Å². The lowest BCUT2D eigenvalue weighted by atomic mass is 9.76. The first kappa shape index (κ1) is 21.2. The van der Waals surface area contributed by atoms with Crippen molar-refractivity contribution in [1.82, 2.24) is 9.97 Å². The highest BCUT2D eigenvalue weighted by Crippen LogP contribution is 2.42. The van der Waals surface area contributed by atoms with Crippen LogP contribution in [0.4, 0.5) is 14.6 Å². The zero-order chi connectivity index (χ0) is 20.5. The highest BCUT2D eigenvalue weighted by molar-refractivity contribution is 6.43. The molecule has 1 aliphatic rings. The molecule has 1 aliphatic heterocycles. The summed E-state index contributed by atoms with van der Waals surface area (Å²) in [5, 5.41) is 10.7. The second-order valence-electron chi connectivity index (χ2n) is 7.19. The maximum absolute atomic E-state index is 13.5. The van der Waals surface area contributed by atoms with Crippen molar-refractivity contribution in [2.45, 2.75) is 46.1 Å². The van der Waals surface area contributed by atoms with Crippen LogP contribution in [0.3, 0.4) is 0 Å². The molecule has 1 N–H and O–H groups in total. The van der Waals surface area contributed by atoms with Crippen LogP contribution in [0.2, 0.25) is 10.0 Å². The summed E-state index contributed by atoms with van der Waals surface area (Å²) in [5.74, 6) is 0.542. The standard InChI is InChI=1S/C20H23Cl2F2N3O/c1-3-20(19(23)24)7-9-27(10-8-20)18-15(11-28)26-17(12(2)25-18)13-5-4-6-14(21)16(13)22/h4-6,19,28H,3,7-11H2,1-2H3. The predicted molar refractivity (Wildman–Crippen MR) is 108 cm³/mol. The first-order valence-corrected chi connectivity index (χ1v) is 10.0. The van der Waals surface area contributed by atoms with Gasteiger partial charge in [-0.2, -0.15) is 0 Å². The summed E-state index contributed by atoms with van der Waals surface area (Å²) in [7, 11) is 0. The fourth-order valence-electron chi connectivity index (χ4n) is 3.73. The van der Waals surface area contributed by atoms with Gasteiger partial charge >= 0.3 is 0 Å². The van der Waals surface area contributed by atoms with Gasteiger partial charge < -0.3 is 10.0 Å². The molecule has 2 heterocycles. The van der Waals surface area contributed by atoms with Gasteiger partial charge in [0.05, 0.1) is 28.0 Å². The number of benzene rings is 1. The highest BCUT2D eigenvalue weighted by Gasteiger charge is 2.41. The Morgan fingerprint density at radius 2 is 1.89 bits per heavy atom. The monoisotopic (exact) mass is 429 g/mol. The summed E-state index contributed by atoms with van der Waals surface area (Å²) in [5.41, 5.74) is 1.29. The Labute approximate surface area is 173 Å². The number of halogens is 4. The Kier molecular flexibility index (Phi) is 6.42. The average Bonchev–Trinajstić information content (AvgIpc) is 2.70. The molecular formula is C20H23Cl2F2N3O. The Balaban J connectivity index is 1.94. The van der Waals surface area contributed by atoms with E-state index in [9.17, 15) is 13.9 Å². The Hall–Kier alpha value is -1.50. The van der Waals surface area contributed by atoms with E-state index in [1.807, 2.05) is 18.7 Å². The fraction of sp³-hybridized carbons (Fsp3) is 0.500. The maximum Gasteiger partial charge on any atom is 0.244 e. The summed E-state index contributed by atoms with van der Waals surface area (Å²) in [4.78, 5) is 11.2. The van der Waals surface area contributed by atoms with Gasteiger partial charge in [0.2, 0.25) is 6.43 Å². The van der Waals surface area contributed by atoms with Crippen molar-refractivity contribution >= 4 is 29.0 Å². The van der Waals surface area contributed by atoms with Crippen LogP contribution in [-0.2, 0) is 6.61 Å². The van der Waals surface area contributed by atoms with Crippen LogP contribution in [0.5, 0.6) is 0 Å². The minimum Gasteiger partial charge on any atom is -0.390 e. The molecule has 0 atom stereocenters. The Morgan fingerprint density at radius 3 is 2.46 bits per heavy atom. The van der Waals surface area contributed by atoms with Crippen molar-refractivity contribution in [2.24, 2.45) is 5.41 Å². The minimum atomic E-state index is -2.34. The number of hydrogen-bond donors (Lipinski definition) is 1. The molecule has 0 saturated carbocycles. The number of aliphatic hydroxyl groups excluding tert-OH is 1. The van der Waals surface area contributed by atoms with Crippen LogP contribution >= 0.6 is 23.2 Å². The van der Waals surface area contributed by atoms with E-state index in [1.165, 1.54) is 0 Å².